The third-order valence-electron chi connectivity index (χ3n) is 8.78. The van der Waals surface area contributed by atoms with Gasteiger partial charge in [0.05, 0.1) is 27.4 Å². The van der Waals surface area contributed by atoms with Crippen molar-refractivity contribution in [1.29, 1.82) is 0 Å². The quantitative estimate of drug-likeness (QED) is 0.135. The molecule has 0 saturated heterocycles. The van der Waals surface area contributed by atoms with Gasteiger partial charge in [-0.2, -0.15) is 5.10 Å². The maximum absolute atomic E-state index is 12.9. The van der Waals surface area contributed by atoms with E-state index in [-0.39, 0.29) is 9.79 Å². The van der Waals surface area contributed by atoms with Gasteiger partial charge in [-0.3, -0.25) is 14.3 Å². The highest BCUT2D eigenvalue weighted by Gasteiger charge is 2.44. The normalized spacial score (nSPS) is 13.3. The van der Waals surface area contributed by atoms with Crippen LogP contribution < -0.4 is 15.4 Å². The number of carbonyl (C=O) groups is 2. The largest absolute Gasteiger partial charge is 0.439 e. The average Bonchev–Trinajstić information content (AvgIpc) is 3.92. The van der Waals surface area contributed by atoms with E-state index in [0.717, 1.165) is 18.5 Å². The van der Waals surface area contributed by atoms with E-state index < -0.39 is 41.0 Å². The second-order valence-corrected chi connectivity index (χ2v) is 19.4. The molecule has 16 heteroatoms. The minimum atomic E-state index is -3.94. The molecule has 6 rings (SSSR count). The number of pyridine rings is 1. The Morgan fingerprint density at radius 1 is 0.741 bits per heavy atom. The molecule has 1 fully saturated rings. The highest BCUT2D eigenvalue weighted by molar-refractivity contribution is 7.94. The van der Waals surface area contributed by atoms with Gasteiger partial charge in [0.2, 0.25) is 17.7 Å². The number of rotatable bonds is 11. The second-order valence-electron chi connectivity index (χ2n) is 13.5. The van der Waals surface area contributed by atoms with Crippen LogP contribution in [0.25, 0.3) is 0 Å². The lowest BCUT2D eigenvalue weighted by Crippen LogP contribution is -2.44. The van der Waals surface area contributed by atoms with E-state index in [1.54, 1.807) is 42.1 Å². The van der Waals surface area contributed by atoms with Crippen molar-refractivity contribution in [2.45, 2.75) is 65.7 Å². The van der Waals surface area contributed by atoms with Crippen molar-refractivity contribution in [1.82, 2.24) is 14.8 Å². The fraction of sp³-hybridized carbons (Fsp3) is 0.263. The third kappa shape index (κ3) is 8.95. The molecule has 2 amide bonds. The monoisotopic (exact) mass is 811 g/mol. The molecule has 0 radical (unpaired) electrons. The van der Waals surface area contributed by atoms with E-state index in [1.807, 2.05) is 18.2 Å². The van der Waals surface area contributed by atoms with Crippen LogP contribution in [-0.4, -0.2) is 52.9 Å². The van der Waals surface area contributed by atoms with E-state index in [4.69, 9.17) is 27.9 Å². The Morgan fingerprint density at radius 3 is 1.70 bits per heavy atom. The fourth-order valence-electron chi connectivity index (χ4n) is 4.92. The maximum Gasteiger partial charge on any atom is 0.246 e. The Balaban J connectivity index is 0.000000210. The highest BCUT2D eigenvalue weighted by atomic mass is 35.5. The number of aromatic nitrogens is 3. The Morgan fingerprint density at radius 2 is 1.24 bits per heavy atom. The molecular weight excluding hydrogens is 773 g/mol. The molecule has 1 aliphatic rings. The summed E-state index contributed by atoms with van der Waals surface area (Å²) in [7, 11) is -6.10. The van der Waals surface area contributed by atoms with E-state index in [0.29, 0.717) is 39.1 Å². The molecule has 2 aromatic heterocycles. The highest BCUT2D eigenvalue weighted by Crippen LogP contribution is 2.40. The van der Waals surface area contributed by atoms with Gasteiger partial charge >= 0.3 is 0 Å². The summed E-state index contributed by atoms with van der Waals surface area (Å²) in [6.07, 6.45) is 3.60. The van der Waals surface area contributed by atoms with Crippen LogP contribution in [0.1, 0.15) is 52.1 Å². The van der Waals surface area contributed by atoms with Crippen molar-refractivity contribution < 1.29 is 31.2 Å². The van der Waals surface area contributed by atoms with Gasteiger partial charge in [-0.05, 0) is 107 Å². The lowest BCUT2D eigenvalue weighted by Gasteiger charge is -2.24. The zero-order valence-electron chi connectivity index (χ0n) is 30.1. The molecule has 0 unspecified atom stereocenters. The number of para-hydroxylation sites is 1. The summed E-state index contributed by atoms with van der Waals surface area (Å²) in [4.78, 5) is 29.6. The van der Waals surface area contributed by atoms with Crippen LogP contribution in [0.3, 0.4) is 0 Å². The number of hydrogen-bond donors (Lipinski definition) is 2. The van der Waals surface area contributed by atoms with Crippen molar-refractivity contribution in [3.05, 3.63) is 119 Å². The standard InChI is InChI=1S/C21H19ClN2O4S.C17H20ClN3O3S/c1-21(2,29(26,27)18-11-8-15(22)9-12-18)20(25)24-16-10-13-19(23-14-16)28-17-6-4-3-5-7-17;1-17(2,25(23,24)13-8-6-12(18)7-9-13)16(22)19-15-10-14(11-4-5-11)20-21(15)3/h3-14H,1-2H3,(H,24,25);6-11H,4-5H2,1-3H3,(H,19,22). The van der Waals surface area contributed by atoms with Crippen LogP contribution in [0.4, 0.5) is 11.5 Å². The fourth-order valence-corrected chi connectivity index (χ4v) is 7.93. The smallest absolute Gasteiger partial charge is 0.246 e. The first-order valence-corrected chi connectivity index (χ1v) is 20.4. The predicted octanol–water partition coefficient (Wildman–Crippen LogP) is 7.86. The molecule has 0 bridgehead atoms. The van der Waals surface area contributed by atoms with Crippen molar-refractivity contribution >= 4 is 66.2 Å². The summed E-state index contributed by atoms with van der Waals surface area (Å²) >= 11 is 11.6. The number of anilines is 2. The van der Waals surface area contributed by atoms with Crippen LogP contribution in [0.2, 0.25) is 10.0 Å². The Kier molecular flexibility index (Phi) is 11.9. The molecule has 3 aromatic carbocycles. The lowest BCUT2D eigenvalue weighted by atomic mass is 10.2. The molecule has 2 heterocycles. The van der Waals surface area contributed by atoms with Crippen LogP contribution in [0, 0.1) is 0 Å². The summed E-state index contributed by atoms with van der Waals surface area (Å²) < 4.78 is 55.4. The summed E-state index contributed by atoms with van der Waals surface area (Å²) in [6.45, 7) is 5.49. The maximum atomic E-state index is 12.9. The number of halogens is 2. The van der Waals surface area contributed by atoms with E-state index in [2.05, 4.69) is 20.7 Å². The van der Waals surface area contributed by atoms with Gasteiger partial charge in [-0.15, -0.1) is 0 Å². The Labute approximate surface area is 324 Å². The van der Waals surface area contributed by atoms with Crippen LogP contribution in [0.15, 0.2) is 113 Å². The van der Waals surface area contributed by atoms with E-state index in [1.165, 1.54) is 82.4 Å². The molecule has 5 aromatic rings. The molecule has 1 saturated carbocycles. The van der Waals surface area contributed by atoms with E-state index in [9.17, 15) is 26.4 Å². The van der Waals surface area contributed by atoms with Gasteiger partial charge in [0.25, 0.3) is 0 Å². The number of sulfone groups is 2. The van der Waals surface area contributed by atoms with Crippen molar-refractivity contribution in [2.75, 3.05) is 10.6 Å². The molecule has 0 aliphatic heterocycles. The second kappa shape index (κ2) is 15.9. The van der Waals surface area contributed by atoms with Crippen LogP contribution in [-0.2, 0) is 36.3 Å². The zero-order valence-corrected chi connectivity index (χ0v) is 33.2. The van der Waals surface area contributed by atoms with Gasteiger partial charge in [0.1, 0.15) is 21.1 Å². The number of nitrogens with one attached hydrogen (secondary N) is 2. The Hall–Kier alpha value is -4.76. The third-order valence-corrected chi connectivity index (χ3v) is 14.1. The molecule has 12 nitrogen and oxygen atoms in total. The number of ether oxygens (including phenoxy) is 1. The van der Waals surface area contributed by atoms with Crippen molar-refractivity contribution in [3.8, 4) is 11.6 Å². The SMILES string of the molecule is CC(C)(C(=O)Nc1ccc(Oc2ccccc2)nc1)S(=O)(=O)c1ccc(Cl)cc1.Cn1nc(C2CC2)cc1NC(=O)C(C)(C)S(=O)(=O)c1ccc(Cl)cc1. The van der Waals surface area contributed by atoms with Crippen molar-refractivity contribution in [3.63, 3.8) is 0 Å². The van der Waals surface area contributed by atoms with Gasteiger partial charge < -0.3 is 15.4 Å². The van der Waals surface area contributed by atoms with Gasteiger partial charge in [-0.25, -0.2) is 21.8 Å². The minimum Gasteiger partial charge on any atom is -0.439 e. The Bertz CT molecular complexity index is 2350. The van der Waals surface area contributed by atoms with Crippen LogP contribution in [0.5, 0.6) is 11.6 Å². The molecule has 0 spiro atoms. The van der Waals surface area contributed by atoms with Crippen molar-refractivity contribution in [2.24, 2.45) is 7.05 Å². The van der Waals surface area contributed by atoms with E-state index >= 15 is 0 Å². The topological polar surface area (TPSA) is 166 Å². The first-order valence-electron chi connectivity index (χ1n) is 16.7. The van der Waals surface area contributed by atoms with Gasteiger partial charge in [0.15, 0.2) is 19.7 Å². The molecular formula is C38H39Cl2N5O7S2. The average molecular weight is 813 g/mol. The molecule has 2 N–H and O–H groups in total. The summed E-state index contributed by atoms with van der Waals surface area (Å²) in [5, 5.41) is 10.5. The molecule has 0 atom stereocenters. The zero-order chi connectivity index (χ0) is 39.5. The predicted molar refractivity (Wildman–Crippen MR) is 209 cm³/mol. The lowest BCUT2D eigenvalue weighted by molar-refractivity contribution is -0.118. The number of amides is 2. The molecule has 284 valence electrons. The molecule has 1 aliphatic carbocycles. The first-order chi connectivity index (χ1) is 25.3. The van der Waals surface area contributed by atoms with Crippen LogP contribution >= 0.6 is 23.2 Å². The number of aryl methyl sites for hydroxylation is 1. The minimum absolute atomic E-state index is 0.0202. The summed E-state index contributed by atoms with van der Waals surface area (Å²) in [5.41, 5.74) is 1.28. The van der Waals surface area contributed by atoms with Gasteiger partial charge in [0, 0.05) is 35.1 Å². The summed E-state index contributed by atoms with van der Waals surface area (Å²) in [5.74, 6) is 0.641. The number of benzene rings is 3. The van der Waals surface area contributed by atoms with Gasteiger partial charge in [-0.1, -0.05) is 41.4 Å². The number of hydrogen-bond acceptors (Lipinski definition) is 9. The summed E-state index contributed by atoms with van der Waals surface area (Å²) in [6, 6.07) is 25.6. The molecule has 54 heavy (non-hydrogen) atoms. The number of nitrogens with zero attached hydrogens (tertiary/aromatic N) is 3. The number of carbonyl (C=O) groups excluding carboxylic acids is 2. The first kappa shape index (κ1) is 40.4.